The lowest BCUT2D eigenvalue weighted by molar-refractivity contribution is -0.895. The summed E-state index contributed by atoms with van der Waals surface area (Å²) in [5.74, 6) is -0.399. The van der Waals surface area contributed by atoms with Gasteiger partial charge in [0, 0.05) is 6.42 Å². The zero-order valence-corrected chi connectivity index (χ0v) is 15.7. The smallest absolute Gasteiger partial charge is 0.274 e. The highest BCUT2D eigenvalue weighted by atomic mass is 35.5. The van der Waals surface area contributed by atoms with Crippen molar-refractivity contribution in [2.24, 2.45) is 0 Å². The minimum atomic E-state index is -0.392. The molecule has 0 aliphatic carbocycles. The van der Waals surface area contributed by atoms with Gasteiger partial charge in [0.2, 0.25) is 0 Å². The number of anilines is 2. The van der Waals surface area contributed by atoms with E-state index in [0.29, 0.717) is 12.6 Å². The third kappa shape index (κ3) is 6.58. The van der Waals surface area contributed by atoms with Crippen LogP contribution in [0.4, 0.5) is 11.6 Å². The first kappa shape index (κ1) is 21.4. The average molecular weight is 346 g/mol. The third-order valence-electron chi connectivity index (χ3n) is 3.34. The van der Waals surface area contributed by atoms with Gasteiger partial charge < -0.3 is 21.3 Å². The van der Waals surface area contributed by atoms with E-state index < -0.39 is 5.91 Å². The van der Waals surface area contributed by atoms with Crippen molar-refractivity contribution in [2.75, 3.05) is 39.2 Å². The molecule has 0 aliphatic rings. The molecule has 5 N–H and O–H groups in total. The van der Waals surface area contributed by atoms with Crippen molar-refractivity contribution in [1.82, 2.24) is 15.3 Å². The summed E-state index contributed by atoms with van der Waals surface area (Å²) in [6.45, 7) is 6.65. The molecule has 0 aromatic carbocycles. The van der Waals surface area contributed by atoms with E-state index in [1.165, 1.54) is 0 Å². The Bertz CT molecular complexity index is 515. The van der Waals surface area contributed by atoms with E-state index in [9.17, 15) is 4.79 Å². The summed E-state index contributed by atoms with van der Waals surface area (Å²) in [6.07, 6.45) is 2.05. The van der Waals surface area contributed by atoms with Gasteiger partial charge >= 0.3 is 0 Å². The summed E-state index contributed by atoms with van der Waals surface area (Å²) in [6, 6.07) is 0.303. The highest BCUT2D eigenvalue weighted by molar-refractivity contribution is 6.31. The van der Waals surface area contributed by atoms with Crippen LogP contribution in [0.25, 0.3) is 0 Å². The van der Waals surface area contributed by atoms with Crippen LogP contribution in [-0.2, 0) is 0 Å². The van der Waals surface area contributed by atoms with Gasteiger partial charge in [0.25, 0.3) is 5.91 Å². The molecular weight excluding hydrogens is 316 g/mol. The molecule has 0 bridgehead atoms. The van der Waals surface area contributed by atoms with Crippen molar-refractivity contribution in [3.8, 4) is 0 Å². The predicted molar refractivity (Wildman–Crippen MR) is 96.3 cm³/mol. The van der Waals surface area contributed by atoms with Crippen molar-refractivity contribution < 1.29 is 9.28 Å². The van der Waals surface area contributed by atoms with Crippen LogP contribution in [0.2, 0.25) is 5.15 Å². The Hall–Kier alpha value is -1.60. The lowest BCUT2D eigenvalue weighted by Crippen LogP contribution is -2.51. The second kappa shape index (κ2) is 9.52. The van der Waals surface area contributed by atoms with Crippen LogP contribution >= 0.6 is 11.6 Å². The number of nitrogen functional groups attached to an aromatic ring is 2. The minimum absolute atomic E-state index is 0.00542. The molecular formula is C15H30ClN6O+. The molecule has 1 heterocycles. The molecule has 8 heteroatoms. The Morgan fingerprint density at radius 2 is 1.78 bits per heavy atom. The van der Waals surface area contributed by atoms with E-state index in [2.05, 4.69) is 43.4 Å². The molecule has 7 nitrogen and oxygen atoms in total. The van der Waals surface area contributed by atoms with Gasteiger partial charge in [0.05, 0.1) is 27.7 Å². The van der Waals surface area contributed by atoms with Gasteiger partial charge in [-0.25, -0.2) is 9.97 Å². The fourth-order valence-electron chi connectivity index (χ4n) is 2.00. The van der Waals surface area contributed by atoms with E-state index in [-0.39, 0.29) is 22.5 Å². The van der Waals surface area contributed by atoms with Crippen molar-refractivity contribution in [2.45, 2.75) is 39.7 Å². The summed E-state index contributed by atoms with van der Waals surface area (Å²) in [5, 5.41) is 2.82. The van der Waals surface area contributed by atoms with Crippen LogP contribution in [0.15, 0.2) is 0 Å². The SMILES string of the molecule is CC.CCCC(CNC(=O)c1nc(Cl)c(N)nc1N)[N+](C)(C)C. The first-order valence-electron chi connectivity index (χ1n) is 7.84. The highest BCUT2D eigenvalue weighted by Crippen LogP contribution is 2.17. The molecule has 0 saturated heterocycles. The minimum Gasteiger partial charge on any atom is -0.382 e. The second-order valence-electron chi connectivity index (χ2n) is 5.90. The number of aromatic nitrogens is 2. The number of carbonyl (C=O) groups excluding carboxylic acids is 1. The average Bonchev–Trinajstić information content (AvgIpc) is 2.47. The van der Waals surface area contributed by atoms with E-state index in [4.69, 9.17) is 23.1 Å². The Morgan fingerprint density at radius 3 is 2.26 bits per heavy atom. The summed E-state index contributed by atoms with van der Waals surface area (Å²) in [4.78, 5) is 19.9. The lowest BCUT2D eigenvalue weighted by atomic mass is 10.1. The maximum Gasteiger partial charge on any atom is 0.274 e. The van der Waals surface area contributed by atoms with Crippen molar-refractivity contribution in [3.05, 3.63) is 10.8 Å². The lowest BCUT2D eigenvalue weighted by Gasteiger charge is -2.34. The summed E-state index contributed by atoms with van der Waals surface area (Å²) >= 11 is 5.78. The van der Waals surface area contributed by atoms with Crippen LogP contribution in [0.5, 0.6) is 0 Å². The van der Waals surface area contributed by atoms with Gasteiger partial charge in [0.15, 0.2) is 22.5 Å². The van der Waals surface area contributed by atoms with Crippen molar-refractivity contribution in [1.29, 1.82) is 0 Å². The predicted octanol–water partition coefficient (Wildman–Crippen LogP) is 1.93. The number of nitrogens with one attached hydrogen (secondary N) is 1. The van der Waals surface area contributed by atoms with Gasteiger partial charge in [-0.15, -0.1) is 0 Å². The Kier molecular flexibility index (Phi) is 8.86. The second-order valence-corrected chi connectivity index (χ2v) is 6.26. The molecule has 132 valence electrons. The zero-order chi connectivity index (χ0) is 18.2. The quantitative estimate of drug-likeness (QED) is 0.683. The summed E-state index contributed by atoms with van der Waals surface area (Å²) in [5.41, 5.74) is 11.2. The maximum atomic E-state index is 12.2. The molecule has 1 amide bonds. The summed E-state index contributed by atoms with van der Waals surface area (Å²) < 4.78 is 0.762. The van der Waals surface area contributed by atoms with E-state index >= 15 is 0 Å². The molecule has 0 spiro atoms. The number of likely N-dealkylation sites (N-methyl/N-ethyl adjacent to an activating group) is 1. The van der Waals surface area contributed by atoms with Crippen LogP contribution in [0.1, 0.15) is 44.1 Å². The van der Waals surface area contributed by atoms with Crippen LogP contribution in [0, 0.1) is 0 Å². The Labute approximate surface area is 144 Å². The highest BCUT2D eigenvalue weighted by Gasteiger charge is 2.24. The number of halogens is 1. The number of carbonyl (C=O) groups is 1. The van der Waals surface area contributed by atoms with Crippen molar-refractivity contribution >= 4 is 29.1 Å². The Morgan fingerprint density at radius 1 is 1.22 bits per heavy atom. The van der Waals surface area contributed by atoms with E-state index in [1.54, 1.807) is 0 Å². The number of hydrogen-bond donors (Lipinski definition) is 3. The number of nitrogens with zero attached hydrogens (tertiary/aromatic N) is 3. The van der Waals surface area contributed by atoms with Crippen LogP contribution in [-0.4, -0.2) is 54.1 Å². The molecule has 1 rings (SSSR count). The third-order valence-corrected chi connectivity index (χ3v) is 3.61. The maximum absolute atomic E-state index is 12.2. The van der Waals surface area contributed by atoms with E-state index in [0.717, 1.165) is 17.3 Å². The zero-order valence-electron chi connectivity index (χ0n) is 15.0. The molecule has 1 aromatic heterocycles. The number of hydrogen-bond acceptors (Lipinski definition) is 5. The van der Waals surface area contributed by atoms with Crippen LogP contribution in [0.3, 0.4) is 0 Å². The molecule has 1 unspecified atom stereocenters. The monoisotopic (exact) mass is 345 g/mol. The van der Waals surface area contributed by atoms with Gasteiger partial charge in [-0.05, 0) is 0 Å². The number of amides is 1. The van der Waals surface area contributed by atoms with Gasteiger partial charge in [-0.1, -0.05) is 38.8 Å². The Balaban J connectivity index is 0.00000232. The largest absolute Gasteiger partial charge is 0.382 e. The molecule has 1 atom stereocenters. The molecule has 23 heavy (non-hydrogen) atoms. The molecule has 0 saturated carbocycles. The fraction of sp³-hybridized carbons (Fsp3) is 0.667. The topological polar surface area (TPSA) is 107 Å². The molecule has 0 fully saturated rings. The standard InChI is InChI=1S/C13H23ClN6O.C2H6/c1-5-6-8(20(2,3)4)7-17-13(21)9-11(15)19-12(16)10(14)18-9;1-2/h8H,5-7H2,1-4H3,(H4-,15,16,17,19,21);1-2H3/p+1. The molecule has 0 aliphatic heterocycles. The van der Waals surface area contributed by atoms with E-state index in [1.807, 2.05) is 13.8 Å². The summed E-state index contributed by atoms with van der Waals surface area (Å²) in [7, 11) is 6.29. The molecule has 1 aromatic rings. The first-order chi connectivity index (χ1) is 10.7. The fourth-order valence-corrected chi connectivity index (χ4v) is 2.13. The van der Waals surface area contributed by atoms with Crippen molar-refractivity contribution in [3.63, 3.8) is 0 Å². The number of nitrogens with two attached hydrogens (primary N) is 2. The number of rotatable bonds is 6. The van der Waals surface area contributed by atoms with Gasteiger partial charge in [-0.2, -0.15) is 0 Å². The molecule has 0 radical (unpaired) electrons. The number of quaternary nitrogens is 1. The van der Waals surface area contributed by atoms with Gasteiger partial charge in [0.1, 0.15) is 6.04 Å². The first-order valence-corrected chi connectivity index (χ1v) is 8.22. The van der Waals surface area contributed by atoms with Gasteiger partial charge in [-0.3, -0.25) is 4.79 Å². The normalized spacial score (nSPS) is 12.1. The van der Waals surface area contributed by atoms with Crippen LogP contribution < -0.4 is 16.8 Å².